The average Bonchev–Trinajstić information content (AvgIpc) is 3.27. The van der Waals surface area contributed by atoms with E-state index in [-0.39, 0.29) is 24.8 Å². The highest BCUT2D eigenvalue weighted by atomic mass is 16.5. The quantitative estimate of drug-likeness (QED) is 0.844. The number of anilines is 1. The minimum Gasteiger partial charge on any atom is -0.497 e. The van der Waals surface area contributed by atoms with Crippen LogP contribution in [0.1, 0.15) is 19.3 Å². The molecule has 26 heavy (non-hydrogen) atoms. The highest BCUT2D eigenvalue weighted by Gasteiger charge is 2.42. The SMILES string of the molecule is COc1ccc(N2CC(C(=O)N3CCC[C@H]3C(=O)O)CC2=O)c(OC)c1. The number of aliphatic carboxylic acids is 1. The number of likely N-dealkylation sites (tertiary alicyclic amines) is 1. The van der Waals surface area contributed by atoms with Gasteiger partial charge in [0.15, 0.2) is 0 Å². The molecule has 1 aromatic rings. The summed E-state index contributed by atoms with van der Waals surface area (Å²) in [5.74, 6) is -0.902. The number of nitrogens with zero attached hydrogens (tertiary/aromatic N) is 2. The predicted molar refractivity (Wildman–Crippen MR) is 92.4 cm³/mol. The van der Waals surface area contributed by atoms with E-state index in [9.17, 15) is 19.5 Å². The minimum atomic E-state index is -0.992. The van der Waals surface area contributed by atoms with Crippen molar-refractivity contribution in [3.05, 3.63) is 18.2 Å². The molecule has 0 saturated carbocycles. The largest absolute Gasteiger partial charge is 0.497 e. The molecule has 8 nitrogen and oxygen atoms in total. The monoisotopic (exact) mass is 362 g/mol. The molecule has 2 aliphatic rings. The summed E-state index contributed by atoms with van der Waals surface area (Å²) in [6.07, 6.45) is 1.19. The van der Waals surface area contributed by atoms with Crippen LogP contribution in [0.5, 0.6) is 11.5 Å². The number of ether oxygens (including phenoxy) is 2. The summed E-state index contributed by atoms with van der Waals surface area (Å²) < 4.78 is 10.5. The van der Waals surface area contributed by atoms with Crippen molar-refractivity contribution in [1.82, 2.24) is 4.90 Å². The Bertz CT molecular complexity index is 734. The van der Waals surface area contributed by atoms with Gasteiger partial charge in [0.1, 0.15) is 17.5 Å². The number of hydrogen-bond acceptors (Lipinski definition) is 5. The molecule has 1 N–H and O–H groups in total. The Hall–Kier alpha value is -2.77. The van der Waals surface area contributed by atoms with Gasteiger partial charge in [0, 0.05) is 25.6 Å². The van der Waals surface area contributed by atoms with Crippen molar-refractivity contribution < 1.29 is 29.0 Å². The van der Waals surface area contributed by atoms with Crippen LogP contribution < -0.4 is 14.4 Å². The zero-order valence-corrected chi connectivity index (χ0v) is 14.8. The second kappa shape index (κ2) is 7.23. The topological polar surface area (TPSA) is 96.4 Å². The van der Waals surface area contributed by atoms with Gasteiger partial charge < -0.3 is 24.4 Å². The lowest BCUT2D eigenvalue weighted by Gasteiger charge is -2.25. The van der Waals surface area contributed by atoms with Crippen molar-refractivity contribution in [1.29, 1.82) is 0 Å². The van der Waals surface area contributed by atoms with Crippen LogP contribution in [-0.4, -0.2) is 61.1 Å². The number of carboxylic acid groups (broad SMARTS) is 1. The number of rotatable bonds is 5. The van der Waals surface area contributed by atoms with Gasteiger partial charge in [-0.15, -0.1) is 0 Å². The van der Waals surface area contributed by atoms with Crippen molar-refractivity contribution in [3.8, 4) is 11.5 Å². The second-order valence-electron chi connectivity index (χ2n) is 6.47. The molecule has 2 aliphatic heterocycles. The van der Waals surface area contributed by atoms with Crippen LogP contribution in [0.15, 0.2) is 18.2 Å². The maximum atomic E-state index is 12.8. The maximum absolute atomic E-state index is 12.8. The van der Waals surface area contributed by atoms with Gasteiger partial charge in [-0.3, -0.25) is 9.59 Å². The molecule has 2 atom stereocenters. The minimum absolute atomic E-state index is 0.0663. The summed E-state index contributed by atoms with van der Waals surface area (Å²) in [7, 11) is 3.04. The summed E-state index contributed by atoms with van der Waals surface area (Å²) in [5, 5.41) is 9.28. The molecular weight excluding hydrogens is 340 g/mol. The molecule has 2 amide bonds. The summed E-state index contributed by atoms with van der Waals surface area (Å²) in [6, 6.07) is 4.33. The second-order valence-corrected chi connectivity index (χ2v) is 6.47. The van der Waals surface area contributed by atoms with Gasteiger partial charge in [-0.1, -0.05) is 0 Å². The molecule has 0 spiro atoms. The molecule has 0 aromatic heterocycles. The number of hydrogen-bond donors (Lipinski definition) is 1. The predicted octanol–water partition coefficient (Wildman–Crippen LogP) is 1.13. The van der Waals surface area contributed by atoms with Crippen molar-refractivity contribution in [2.75, 3.05) is 32.2 Å². The molecule has 1 aromatic carbocycles. The molecule has 1 unspecified atom stereocenters. The summed E-state index contributed by atoms with van der Waals surface area (Å²) >= 11 is 0. The first-order chi connectivity index (χ1) is 12.5. The summed E-state index contributed by atoms with van der Waals surface area (Å²) in [4.78, 5) is 39.5. The van der Waals surface area contributed by atoms with E-state index in [0.29, 0.717) is 36.6 Å². The number of methoxy groups -OCH3 is 2. The Morgan fingerprint density at radius 1 is 1.23 bits per heavy atom. The van der Waals surface area contributed by atoms with Gasteiger partial charge in [0.25, 0.3) is 0 Å². The summed E-state index contributed by atoms with van der Waals surface area (Å²) in [6.45, 7) is 0.634. The van der Waals surface area contributed by atoms with E-state index in [1.165, 1.54) is 16.9 Å². The molecular formula is C18H22N2O6. The smallest absolute Gasteiger partial charge is 0.326 e. The van der Waals surface area contributed by atoms with E-state index in [4.69, 9.17) is 9.47 Å². The van der Waals surface area contributed by atoms with E-state index in [2.05, 4.69) is 0 Å². The number of carbonyl (C=O) groups excluding carboxylic acids is 2. The molecule has 2 fully saturated rings. The maximum Gasteiger partial charge on any atom is 0.326 e. The van der Waals surface area contributed by atoms with Gasteiger partial charge in [-0.25, -0.2) is 4.79 Å². The third-order valence-electron chi connectivity index (χ3n) is 4.97. The third-order valence-corrected chi connectivity index (χ3v) is 4.97. The Morgan fingerprint density at radius 3 is 2.65 bits per heavy atom. The van der Waals surface area contributed by atoms with Crippen LogP contribution >= 0.6 is 0 Å². The Labute approximate surface area is 151 Å². The van der Waals surface area contributed by atoms with Gasteiger partial charge >= 0.3 is 5.97 Å². The van der Waals surface area contributed by atoms with Gasteiger partial charge in [0.2, 0.25) is 11.8 Å². The number of carbonyl (C=O) groups is 3. The standard InChI is InChI=1S/C18H22N2O6/c1-25-12-5-6-13(15(9-12)26-2)20-10-11(8-16(20)21)17(22)19-7-3-4-14(19)18(23)24/h5-6,9,11,14H,3-4,7-8,10H2,1-2H3,(H,23,24)/t11?,14-/m0/s1. The zero-order chi connectivity index (χ0) is 18.8. The van der Waals surface area contributed by atoms with E-state index in [0.717, 1.165) is 0 Å². The Balaban J connectivity index is 1.79. The average molecular weight is 362 g/mol. The van der Waals surface area contributed by atoms with Crippen LogP contribution in [0.4, 0.5) is 5.69 Å². The normalized spacial score (nSPS) is 22.6. The fourth-order valence-corrected chi connectivity index (χ4v) is 3.64. The molecule has 140 valence electrons. The lowest BCUT2D eigenvalue weighted by molar-refractivity contribution is -0.149. The highest BCUT2D eigenvalue weighted by Crippen LogP contribution is 2.36. The molecule has 2 saturated heterocycles. The summed E-state index contributed by atoms with van der Waals surface area (Å²) in [5.41, 5.74) is 0.574. The van der Waals surface area contributed by atoms with Crippen LogP contribution in [0.25, 0.3) is 0 Å². The Morgan fingerprint density at radius 2 is 2.00 bits per heavy atom. The van der Waals surface area contributed by atoms with Gasteiger partial charge in [0.05, 0.1) is 25.8 Å². The van der Waals surface area contributed by atoms with Gasteiger partial charge in [-0.2, -0.15) is 0 Å². The van der Waals surface area contributed by atoms with Crippen LogP contribution in [0.2, 0.25) is 0 Å². The molecule has 0 aliphatic carbocycles. The first kappa shape index (κ1) is 18.0. The number of amides is 2. The lowest BCUT2D eigenvalue weighted by Crippen LogP contribution is -2.44. The first-order valence-electron chi connectivity index (χ1n) is 8.52. The van der Waals surface area contributed by atoms with Gasteiger partial charge in [-0.05, 0) is 25.0 Å². The van der Waals surface area contributed by atoms with Crippen molar-refractivity contribution in [2.24, 2.45) is 5.92 Å². The van der Waals surface area contributed by atoms with Crippen LogP contribution in [0, 0.1) is 5.92 Å². The molecule has 0 bridgehead atoms. The number of benzene rings is 1. The lowest BCUT2D eigenvalue weighted by atomic mass is 10.1. The van der Waals surface area contributed by atoms with E-state index in [1.54, 1.807) is 25.3 Å². The van der Waals surface area contributed by atoms with Crippen molar-refractivity contribution in [2.45, 2.75) is 25.3 Å². The van der Waals surface area contributed by atoms with E-state index < -0.39 is 17.9 Å². The fourth-order valence-electron chi connectivity index (χ4n) is 3.64. The molecule has 3 rings (SSSR count). The van der Waals surface area contributed by atoms with Crippen molar-refractivity contribution >= 4 is 23.5 Å². The van der Waals surface area contributed by atoms with E-state index >= 15 is 0 Å². The number of carboxylic acids is 1. The molecule has 0 radical (unpaired) electrons. The molecule has 8 heteroatoms. The van der Waals surface area contributed by atoms with Crippen LogP contribution in [-0.2, 0) is 14.4 Å². The molecule has 2 heterocycles. The van der Waals surface area contributed by atoms with E-state index in [1.807, 2.05) is 0 Å². The Kier molecular flexibility index (Phi) is 5.01. The first-order valence-corrected chi connectivity index (χ1v) is 8.52. The van der Waals surface area contributed by atoms with Crippen LogP contribution in [0.3, 0.4) is 0 Å². The fraction of sp³-hybridized carbons (Fsp3) is 0.500. The third kappa shape index (κ3) is 3.18. The highest BCUT2D eigenvalue weighted by molar-refractivity contribution is 6.02. The zero-order valence-electron chi connectivity index (χ0n) is 14.8. The van der Waals surface area contributed by atoms with Crippen molar-refractivity contribution in [3.63, 3.8) is 0 Å².